The largest absolute Gasteiger partial charge is 0.407 e. The number of hydrogen-bond acceptors (Lipinski definition) is 7. The number of nitrogens with zero attached hydrogens (tertiary/aromatic N) is 5. The lowest BCUT2D eigenvalue weighted by atomic mass is 9.97. The van der Waals surface area contributed by atoms with Crippen LogP contribution < -0.4 is 4.90 Å². The summed E-state index contributed by atoms with van der Waals surface area (Å²) in [5.41, 5.74) is -0.134. The van der Waals surface area contributed by atoms with Crippen molar-refractivity contribution in [3.05, 3.63) is 17.6 Å². The minimum atomic E-state index is -0.134. The molecule has 1 atom stereocenters. The van der Waals surface area contributed by atoms with Crippen molar-refractivity contribution in [2.24, 2.45) is 0 Å². The molecule has 1 aliphatic heterocycles. The second-order valence-corrected chi connectivity index (χ2v) is 6.60. The van der Waals surface area contributed by atoms with Gasteiger partial charge in [0.2, 0.25) is 11.8 Å². The van der Waals surface area contributed by atoms with Crippen molar-refractivity contribution in [3.63, 3.8) is 0 Å². The number of anilines is 1. The maximum atomic E-state index is 5.82. The highest BCUT2D eigenvalue weighted by molar-refractivity contribution is 5.27. The molecule has 0 spiro atoms. The Labute approximate surface area is 123 Å². The Morgan fingerprint density at radius 1 is 1.24 bits per heavy atom. The molecule has 0 N–H and O–H groups in total. The summed E-state index contributed by atoms with van der Waals surface area (Å²) in [4.78, 5) is 6.45. The van der Waals surface area contributed by atoms with Crippen LogP contribution in [0.1, 0.15) is 57.1 Å². The number of aromatic nitrogens is 4. The number of rotatable bonds is 2. The van der Waals surface area contributed by atoms with Gasteiger partial charge in [0.1, 0.15) is 0 Å². The van der Waals surface area contributed by atoms with Crippen LogP contribution in [-0.2, 0) is 5.41 Å². The van der Waals surface area contributed by atoms with E-state index in [1.165, 1.54) is 0 Å². The fourth-order valence-electron chi connectivity index (χ4n) is 2.49. The van der Waals surface area contributed by atoms with Crippen molar-refractivity contribution in [3.8, 4) is 0 Å². The highest BCUT2D eigenvalue weighted by Crippen LogP contribution is 2.29. The molecule has 114 valence electrons. The summed E-state index contributed by atoms with van der Waals surface area (Å²) in [6.07, 6.45) is 2.10. The predicted molar refractivity (Wildman–Crippen MR) is 76.2 cm³/mol. The molecule has 0 bridgehead atoms. The van der Waals surface area contributed by atoms with Gasteiger partial charge in [-0.2, -0.15) is 4.98 Å². The fourth-order valence-corrected chi connectivity index (χ4v) is 2.49. The van der Waals surface area contributed by atoms with E-state index in [2.05, 4.69) is 46.0 Å². The van der Waals surface area contributed by atoms with E-state index in [1.54, 1.807) is 0 Å². The van der Waals surface area contributed by atoms with Crippen LogP contribution >= 0.6 is 0 Å². The Hall–Kier alpha value is -1.92. The lowest BCUT2D eigenvalue weighted by Gasteiger charge is -2.29. The topological polar surface area (TPSA) is 81.1 Å². The van der Waals surface area contributed by atoms with Gasteiger partial charge in [0, 0.05) is 31.3 Å². The average molecular weight is 291 g/mol. The minimum absolute atomic E-state index is 0.134. The molecule has 21 heavy (non-hydrogen) atoms. The molecule has 0 saturated carbocycles. The third kappa shape index (κ3) is 2.91. The Kier molecular flexibility index (Phi) is 3.43. The van der Waals surface area contributed by atoms with Crippen LogP contribution in [0.3, 0.4) is 0 Å². The van der Waals surface area contributed by atoms with E-state index in [0.717, 1.165) is 31.8 Å². The molecule has 0 aromatic carbocycles. The van der Waals surface area contributed by atoms with Gasteiger partial charge in [0.15, 0.2) is 5.82 Å². The standard InChI is InChI=1S/C14H21N5O2/c1-9-15-11(18-21-9)10-6-5-7-19(8-10)13-17-16-12(20-13)14(2,3)4/h10H,5-8H2,1-4H3. The Morgan fingerprint density at radius 3 is 2.67 bits per heavy atom. The van der Waals surface area contributed by atoms with Crippen LogP contribution in [0.2, 0.25) is 0 Å². The van der Waals surface area contributed by atoms with Gasteiger partial charge < -0.3 is 13.8 Å². The van der Waals surface area contributed by atoms with Crippen LogP contribution in [0.25, 0.3) is 0 Å². The van der Waals surface area contributed by atoms with Crippen molar-refractivity contribution >= 4 is 6.01 Å². The zero-order valence-electron chi connectivity index (χ0n) is 13.0. The van der Waals surface area contributed by atoms with E-state index in [4.69, 9.17) is 8.94 Å². The second-order valence-electron chi connectivity index (χ2n) is 6.60. The molecule has 3 rings (SSSR count). The Bertz CT molecular complexity index is 613. The molecule has 0 aliphatic carbocycles. The van der Waals surface area contributed by atoms with E-state index in [0.29, 0.717) is 17.8 Å². The summed E-state index contributed by atoms with van der Waals surface area (Å²) in [6, 6.07) is 0.588. The highest BCUT2D eigenvalue weighted by Gasteiger charge is 2.29. The predicted octanol–water partition coefficient (Wildman–Crippen LogP) is 2.44. The van der Waals surface area contributed by atoms with E-state index in [1.807, 2.05) is 6.92 Å². The van der Waals surface area contributed by atoms with Gasteiger partial charge in [-0.3, -0.25) is 0 Å². The molecular formula is C14H21N5O2. The number of hydrogen-bond donors (Lipinski definition) is 0. The molecule has 7 heteroatoms. The maximum absolute atomic E-state index is 5.82. The molecule has 3 heterocycles. The maximum Gasteiger partial charge on any atom is 0.318 e. The van der Waals surface area contributed by atoms with Crippen LogP contribution in [0.15, 0.2) is 8.94 Å². The van der Waals surface area contributed by atoms with E-state index >= 15 is 0 Å². The lowest BCUT2D eigenvalue weighted by Crippen LogP contribution is -2.35. The van der Waals surface area contributed by atoms with Gasteiger partial charge in [0.25, 0.3) is 0 Å². The second kappa shape index (κ2) is 5.13. The smallest absolute Gasteiger partial charge is 0.318 e. The Morgan fingerprint density at radius 2 is 2.05 bits per heavy atom. The summed E-state index contributed by atoms with van der Waals surface area (Å²) in [5.74, 6) is 2.29. The summed E-state index contributed by atoms with van der Waals surface area (Å²) < 4.78 is 10.9. The van der Waals surface area contributed by atoms with E-state index in [-0.39, 0.29) is 11.3 Å². The van der Waals surface area contributed by atoms with Gasteiger partial charge in [-0.1, -0.05) is 31.0 Å². The van der Waals surface area contributed by atoms with Crippen molar-refractivity contribution in [1.82, 2.24) is 20.3 Å². The van der Waals surface area contributed by atoms with Gasteiger partial charge in [0.05, 0.1) is 0 Å². The zero-order chi connectivity index (χ0) is 15.0. The monoisotopic (exact) mass is 291 g/mol. The summed E-state index contributed by atoms with van der Waals surface area (Å²) in [5, 5.41) is 12.4. The first-order valence-electron chi connectivity index (χ1n) is 7.32. The van der Waals surface area contributed by atoms with Gasteiger partial charge in [-0.25, -0.2) is 0 Å². The Balaban J connectivity index is 1.75. The first-order chi connectivity index (χ1) is 9.93. The summed E-state index contributed by atoms with van der Waals surface area (Å²) >= 11 is 0. The molecular weight excluding hydrogens is 270 g/mol. The molecule has 2 aromatic rings. The van der Waals surface area contributed by atoms with Crippen LogP contribution in [0, 0.1) is 6.92 Å². The lowest BCUT2D eigenvalue weighted by molar-refractivity contribution is 0.366. The quantitative estimate of drug-likeness (QED) is 0.840. The highest BCUT2D eigenvalue weighted by atomic mass is 16.5. The third-order valence-electron chi connectivity index (χ3n) is 3.66. The van der Waals surface area contributed by atoms with Crippen LogP contribution in [-0.4, -0.2) is 33.4 Å². The van der Waals surface area contributed by atoms with Gasteiger partial charge in [-0.05, 0) is 12.8 Å². The first kappa shape index (κ1) is 14.0. The normalized spacial score (nSPS) is 20.0. The third-order valence-corrected chi connectivity index (χ3v) is 3.66. The average Bonchev–Trinajstić information content (AvgIpc) is 3.07. The fraction of sp³-hybridized carbons (Fsp3) is 0.714. The zero-order valence-corrected chi connectivity index (χ0v) is 13.0. The molecule has 0 amide bonds. The molecule has 1 aliphatic rings. The van der Waals surface area contributed by atoms with Gasteiger partial charge >= 0.3 is 6.01 Å². The van der Waals surface area contributed by atoms with Crippen molar-refractivity contribution in [2.45, 2.75) is 51.9 Å². The SMILES string of the molecule is Cc1nc(C2CCCN(c3nnc(C(C)(C)C)o3)C2)no1. The molecule has 7 nitrogen and oxygen atoms in total. The molecule has 0 radical (unpaired) electrons. The van der Waals surface area contributed by atoms with E-state index in [9.17, 15) is 0 Å². The van der Waals surface area contributed by atoms with Crippen LogP contribution in [0.4, 0.5) is 6.01 Å². The first-order valence-corrected chi connectivity index (χ1v) is 7.32. The van der Waals surface area contributed by atoms with E-state index < -0.39 is 0 Å². The number of aryl methyl sites for hydroxylation is 1. The molecule has 1 saturated heterocycles. The molecule has 1 unspecified atom stereocenters. The van der Waals surface area contributed by atoms with Crippen molar-refractivity contribution in [1.29, 1.82) is 0 Å². The van der Waals surface area contributed by atoms with Crippen molar-refractivity contribution in [2.75, 3.05) is 18.0 Å². The summed E-state index contributed by atoms with van der Waals surface area (Å²) in [6.45, 7) is 9.69. The van der Waals surface area contributed by atoms with Crippen molar-refractivity contribution < 1.29 is 8.94 Å². The van der Waals surface area contributed by atoms with Gasteiger partial charge in [-0.15, -0.1) is 5.10 Å². The molecule has 1 fully saturated rings. The number of piperidine rings is 1. The summed E-state index contributed by atoms with van der Waals surface area (Å²) in [7, 11) is 0. The van der Waals surface area contributed by atoms with Crippen LogP contribution in [0.5, 0.6) is 0 Å². The molecule has 2 aromatic heterocycles. The minimum Gasteiger partial charge on any atom is -0.407 e.